The van der Waals surface area contributed by atoms with Gasteiger partial charge in [-0.1, -0.05) is 23.4 Å². The van der Waals surface area contributed by atoms with Crippen LogP contribution < -0.4 is 10.5 Å². The summed E-state index contributed by atoms with van der Waals surface area (Å²) in [5, 5.41) is 4.04. The molecule has 1 fully saturated rings. The molecule has 1 aliphatic carbocycles. The van der Waals surface area contributed by atoms with Crippen molar-refractivity contribution in [3.63, 3.8) is 0 Å². The van der Waals surface area contributed by atoms with Gasteiger partial charge in [-0.2, -0.15) is 4.98 Å². The third-order valence-electron chi connectivity index (χ3n) is 4.49. The van der Waals surface area contributed by atoms with Crippen LogP contribution in [0.5, 0.6) is 5.75 Å². The number of rotatable bonds is 5. The number of halogens is 1. The maximum atomic E-state index is 13.2. The lowest BCUT2D eigenvalue weighted by atomic mass is 9.77. The van der Waals surface area contributed by atoms with Gasteiger partial charge in [0.1, 0.15) is 18.2 Å². The van der Waals surface area contributed by atoms with Gasteiger partial charge >= 0.3 is 0 Å². The van der Waals surface area contributed by atoms with Gasteiger partial charge in [-0.05, 0) is 49.1 Å². The van der Waals surface area contributed by atoms with E-state index in [1.807, 2.05) is 24.3 Å². The van der Waals surface area contributed by atoms with Crippen LogP contribution in [0.3, 0.4) is 0 Å². The number of benzene rings is 2. The van der Waals surface area contributed by atoms with E-state index in [1.54, 1.807) is 12.1 Å². The Bertz CT molecular complexity index is 890. The smallest absolute Gasteiger partial charge is 0.258 e. The zero-order valence-corrected chi connectivity index (χ0v) is 13.6. The molecule has 0 amide bonds. The molecular weight excluding hydrogens is 321 g/mol. The predicted molar refractivity (Wildman–Crippen MR) is 90.2 cm³/mol. The molecule has 3 aromatic rings. The molecule has 0 saturated heterocycles. The van der Waals surface area contributed by atoms with Gasteiger partial charge in [0.2, 0.25) is 0 Å². The number of nitrogens with zero attached hydrogens (tertiary/aromatic N) is 2. The summed E-state index contributed by atoms with van der Waals surface area (Å²) in [6.45, 7) is 0.319. The summed E-state index contributed by atoms with van der Waals surface area (Å²) in [4.78, 5) is 4.45. The maximum Gasteiger partial charge on any atom is 0.258 e. The van der Waals surface area contributed by atoms with E-state index in [0.29, 0.717) is 24.1 Å². The molecule has 25 heavy (non-hydrogen) atoms. The Labute approximate surface area is 144 Å². The number of hydrogen-bond acceptors (Lipinski definition) is 5. The first-order chi connectivity index (χ1) is 12.1. The summed E-state index contributed by atoms with van der Waals surface area (Å²) in [5.41, 5.74) is 7.52. The van der Waals surface area contributed by atoms with E-state index in [2.05, 4.69) is 10.1 Å². The van der Waals surface area contributed by atoms with Gasteiger partial charge in [-0.15, -0.1) is 0 Å². The topological polar surface area (TPSA) is 74.2 Å². The van der Waals surface area contributed by atoms with E-state index < -0.39 is 5.54 Å². The molecule has 0 aliphatic heterocycles. The van der Waals surface area contributed by atoms with Gasteiger partial charge in [-0.25, -0.2) is 4.39 Å². The molecule has 0 radical (unpaired) electrons. The van der Waals surface area contributed by atoms with Crippen LogP contribution in [-0.2, 0) is 12.1 Å². The zero-order chi connectivity index (χ0) is 17.3. The Balaban J connectivity index is 1.49. The molecule has 0 spiro atoms. The van der Waals surface area contributed by atoms with Crippen molar-refractivity contribution < 1.29 is 13.7 Å². The summed E-state index contributed by atoms with van der Waals surface area (Å²) in [5.74, 6) is 1.17. The fraction of sp³-hybridized carbons (Fsp3) is 0.263. The second-order valence-corrected chi connectivity index (χ2v) is 6.38. The monoisotopic (exact) mass is 339 g/mol. The predicted octanol–water partition coefficient (Wildman–Crippen LogP) is 3.79. The number of hydrogen-bond donors (Lipinski definition) is 1. The molecule has 0 atom stereocenters. The minimum atomic E-state index is -0.445. The highest BCUT2D eigenvalue weighted by Gasteiger charge is 2.39. The van der Waals surface area contributed by atoms with Crippen molar-refractivity contribution in [3.8, 4) is 17.2 Å². The number of nitrogens with two attached hydrogens (primary N) is 1. The van der Waals surface area contributed by atoms with Gasteiger partial charge < -0.3 is 15.0 Å². The molecule has 1 heterocycles. The highest BCUT2D eigenvalue weighted by molar-refractivity contribution is 5.54. The van der Waals surface area contributed by atoms with Gasteiger partial charge in [0.05, 0.1) is 5.54 Å². The van der Waals surface area contributed by atoms with E-state index in [9.17, 15) is 4.39 Å². The first-order valence-electron chi connectivity index (χ1n) is 8.23. The minimum Gasteiger partial charge on any atom is -0.489 e. The van der Waals surface area contributed by atoms with Crippen LogP contribution in [0.1, 0.15) is 30.7 Å². The molecule has 5 nitrogen and oxygen atoms in total. The molecular formula is C19H18FN3O2. The summed E-state index contributed by atoms with van der Waals surface area (Å²) >= 11 is 0. The van der Waals surface area contributed by atoms with Crippen molar-refractivity contribution in [1.29, 1.82) is 0 Å². The fourth-order valence-electron chi connectivity index (χ4n) is 2.84. The summed E-state index contributed by atoms with van der Waals surface area (Å²) in [6, 6.07) is 13.7. The third-order valence-corrected chi connectivity index (χ3v) is 4.49. The summed E-state index contributed by atoms with van der Waals surface area (Å²) in [7, 11) is 0. The molecule has 1 aromatic heterocycles. The Morgan fingerprint density at radius 3 is 2.76 bits per heavy atom. The molecule has 6 heteroatoms. The van der Waals surface area contributed by atoms with Crippen LogP contribution in [-0.4, -0.2) is 10.1 Å². The summed E-state index contributed by atoms with van der Waals surface area (Å²) in [6.07, 6.45) is 2.86. The molecule has 128 valence electrons. The van der Waals surface area contributed by atoms with Crippen molar-refractivity contribution in [2.45, 2.75) is 31.4 Å². The second-order valence-electron chi connectivity index (χ2n) is 6.38. The van der Waals surface area contributed by atoms with Crippen molar-refractivity contribution in [2.75, 3.05) is 0 Å². The maximum absolute atomic E-state index is 13.2. The lowest BCUT2D eigenvalue weighted by Gasteiger charge is -2.34. The zero-order valence-electron chi connectivity index (χ0n) is 13.6. The first kappa shape index (κ1) is 15.8. The lowest BCUT2D eigenvalue weighted by Crippen LogP contribution is -2.44. The Kier molecular flexibility index (Phi) is 3.97. The average Bonchev–Trinajstić information content (AvgIpc) is 3.09. The molecule has 2 aromatic carbocycles. The van der Waals surface area contributed by atoms with E-state index in [1.165, 1.54) is 12.1 Å². The van der Waals surface area contributed by atoms with Crippen molar-refractivity contribution in [3.05, 3.63) is 65.7 Å². The Morgan fingerprint density at radius 2 is 2.00 bits per heavy atom. The van der Waals surface area contributed by atoms with Crippen LogP contribution in [0.4, 0.5) is 4.39 Å². The average molecular weight is 339 g/mol. The van der Waals surface area contributed by atoms with Gasteiger partial charge in [0.25, 0.3) is 5.89 Å². The van der Waals surface area contributed by atoms with Crippen molar-refractivity contribution >= 4 is 0 Å². The largest absolute Gasteiger partial charge is 0.489 e. The van der Waals surface area contributed by atoms with Crippen LogP contribution in [0, 0.1) is 5.82 Å². The molecule has 0 unspecified atom stereocenters. The van der Waals surface area contributed by atoms with E-state index in [-0.39, 0.29) is 5.82 Å². The van der Waals surface area contributed by atoms with Gasteiger partial charge in [0.15, 0.2) is 5.82 Å². The molecule has 0 bridgehead atoms. The quantitative estimate of drug-likeness (QED) is 0.765. The summed E-state index contributed by atoms with van der Waals surface area (Å²) < 4.78 is 24.2. The molecule has 4 rings (SSSR count). The Hall–Kier alpha value is -2.73. The van der Waals surface area contributed by atoms with Crippen LogP contribution in [0.15, 0.2) is 53.1 Å². The van der Waals surface area contributed by atoms with Crippen LogP contribution >= 0.6 is 0 Å². The van der Waals surface area contributed by atoms with Crippen LogP contribution in [0.25, 0.3) is 11.5 Å². The second kappa shape index (κ2) is 6.29. The Morgan fingerprint density at radius 1 is 1.16 bits per heavy atom. The highest BCUT2D eigenvalue weighted by Crippen LogP contribution is 2.37. The lowest BCUT2D eigenvalue weighted by molar-refractivity contribution is 0.229. The van der Waals surface area contributed by atoms with E-state index in [0.717, 1.165) is 30.4 Å². The third kappa shape index (κ3) is 3.25. The van der Waals surface area contributed by atoms with Gasteiger partial charge in [-0.3, -0.25) is 0 Å². The fourth-order valence-corrected chi connectivity index (χ4v) is 2.84. The van der Waals surface area contributed by atoms with Crippen molar-refractivity contribution in [2.24, 2.45) is 5.73 Å². The first-order valence-corrected chi connectivity index (χ1v) is 8.23. The number of ether oxygens (including phenoxy) is 1. The van der Waals surface area contributed by atoms with Crippen molar-refractivity contribution in [1.82, 2.24) is 10.1 Å². The normalized spacial score (nSPS) is 15.6. The highest BCUT2D eigenvalue weighted by atomic mass is 19.1. The standard InChI is InChI=1S/C19H18FN3O2/c20-15-6-2-7-16(11-15)24-12-13-4-1-5-14(10-13)17-22-18(23-25-17)19(21)8-3-9-19/h1-2,4-7,10-11H,3,8-9,12,21H2. The minimum absolute atomic E-state index is 0.319. The van der Waals surface area contributed by atoms with E-state index >= 15 is 0 Å². The molecule has 1 saturated carbocycles. The van der Waals surface area contributed by atoms with Crippen LogP contribution in [0.2, 0.25) is 0 Å². The van der Waals surface area contributed by atoms with Gasteiger partial charge in [0, 0.05) is 11.6 Å². The number of aromatic nitrogens is 2. The molecule has 1 aliphatic rings. The van der Waals surface area contributed by atoms with E-state index in [4.69, 9.17) is 15.0 Å². The SMILES string of the molecule is NC1(c2noc(-c3cccc(COc4cccc(F)c4)c3)n2)CCC1. The molecule has 2 N–H and O–H groups in total.